The fraction of sp³-hybridized carbons (Fsp3) is 0.462. The lowest BCUT2D eigenvalue weighted by atomic mass is 10.1. The summed E-state index contributed by atoms with van der Waals surface area (Å²) in [6.07, 6.45) is 2.25. The molecule has 0 spiro atoms. The van der Waals surface area contributed by atoms with Crippen molar-refractivity contribution in [3.63, 3.8) is 0 Å². The van der Waals surface area contributed by atoms with Gasteiger partial charge < -0.3 is 10.1 Å². The van der Waals surface area contributed by atoms with Gasteiger partial charge in [-0.1, -0.05) is 0 Å². The summed E-state index contributed by atoms with van der Waals surface area (Å²) in [7, 11) is 1.13. The van der Waals surface area contributed by atoms with Crippen LogP contribution in [-0.2, 0) is 4.74 Å². The molecular weight excluding hydrogens is 272 g/mol. The minimum absolute atomic E-state index is 0.0812. The molecule has 0 bridgehead atoms. The predicted octanol–water partition coefficient (Wildman–Crippen LogP) is 3.06. The van der Waals surface area contributed by atoms with Gasteiger partial charge in [0.1, 0.15) is 0 Å². The van der Waals surface area contributed by atoms with Crippen LogP contribution in [0.25, 0.3) is 0 Å². The molecule has 1 saturated heterocycles. The molecule has 1 fully saturated rings. The Morgan fingerprint density at radius 3 is 2.89 bits per heavy atom. The van der Waals surface area contributed by atoms with Crippen LogP contribution in [0.1, 0.15) is 23.2 Å². The summed E-state index contributed by atoms with van der Waals surface area (Å²) < 4.78 is 31.8. The maximum atomic E-state index is 13.8. The fourth-order valence-electron chi connectivity index (χ4n) is 1.98. The Morgan fingerprint density at radius 2 is 2.26 bits per heavy atom. The van der Waals surface area contributed by atoms with Crippen LogP contribution in [-0.4, -0.2) is 30.6 Å². The molecule has 6 heteroatoms. The first-order valence-electron chi connectivity index (χ1n) is 6.05. The van der Waals surface area contributed by atoms with Crippen molar-refractivity contribution in [1.29, 1.82) is 0 Å². The molecule has 1 heterocycles. The summed E-state index contributed by atoms with van der Waals surface area (Å²) in [4.78, 5) is 11.2. The highest BCUT2D eigenvalue weighted by Crippen LogP contribution is 2.27. The van der Waals surface area contributed by atoms with Crippen LogP contribution in [0.4, 0.5) is 14.5 Å². The second-order valence-electron chi connectivity index (χ2n) is 4.30. The summed E-state index contributed by atoms with van der Waals surface area (Å²) in [5.41, 5.74) is -0.307. The van der Waals surface area contributed by atoms with Crippen molar-refractivity contribution in [1.82, 2.24) is 0 Å². The van der Waals surface area contributed by atoms with E-state index in [2.05, 4.69) is 10.1 Å². The fourth-order valence-corrected chi connectivity index (χ4v) is 3.18. The molecule has 1 aromatic rings. The first-order valence-corrected chi connectivity index (χ1v) is 7.10. The van der Waals surface area contributed by atoms with Gasteiger partial charge in [-0.25, -0.2) is 13.6 Å². The first-order chi connectivity index (χ1) is 9.13. The minimum atomic E-state index is -1.17. The van der Waals surface area contributed by atoms with Crippen molar-refractivity contribution >= 4 is 23.4 Å². The van der Waals surface area contributed by atoms with E-state index in [1.807, 2.05) is 11.8 Å². The summed E-state index contributed by atoms with van der Waals surface area (Å²) in [5, 5.41) is 3.33. The summed E-state index contributed by atoms with van der Waals surface area (Å²) in [5.74, 6) is -1.97. The Morgan fingerprint density at radius 1 is 1.47 bits per heavy atom. The Hall–Kier alpha value is -1.30. The lowest BCUT2D eigenvalue weighted by Crippen LogP contribution is -2.15. The average Bonchev–Trinajstić information content (AvgIpc) is 2.93. The lowest BCUT2D eigenvalue weighted by molar-refractivity contribution is 0.0594. The number of hydrogen-bond acceptors (Lipinski definition) is 4. The number of methoxy groups -OCH3 is 1. The van der Waals surface area contributed by atoms with Crippen LogP contribution in [0, 0.1) is 11.6 Å². The van der Waals surface area contributed by atoms with E-state index < -0.39 is 17.6 Å². The third-order valence-electron chi connectivity index (χ3n) is 3.03. The molecule has 3 nitrogen and oxygen atoms in total. The van der Waals surface area contributed by atoms with Gasteiger partial charge in [0.25, 0.3) is 0 Å². The molecule has 0 saturated carbocycles. The van der Waals surface area contributed by atoms with E-state index in [1.165, 1.54) is 12.1 Å². The van der Waals surface area contributed by atoms with E-state index in [-0.39, 0.29) is 11.3 Å². The van der Waals surface area contributed by atoms with E-state index in [0.29, 0.717) is 11.8 Å². The molecule has 0 aliphatic carbocycles. The Balaban J connectivity index is 2.09. The van der Waals surface area contributed by atoms with Gasteiger partial charge in [-0.05, 0) is 30.7 Å². The third kappa shape index (κ3) is 3.18. The van der Waals surface area contributed by atoms with Gasteiger partial charge in [-0.2, -0.15) is 11.8 Å². The number of ether oxygens (including phenoxy) is 1. The summed E-state index contributed by atoms with van der Waals surface area (Å²) in [6, 6.07) is 2.60. The largest absolute Gasteiger partial charge is 0.465 e. The zero-order valence-corrected chi connectivity index (χ0v) is 11.4. The second-order valence-corrected chi connectivity index (χ2v) is 5.70. The molecule has 1 aromatic carbocycles. The third-order valence-corrected chi connectivity index (χ3v) is 4.43. The van der Waals surface area contributed by atoms with Gasteiger partial charge in [-0.15, -0.1) is 0 Å². The second kappa shape index (κ2) is 6.23. The number of halogens is 2. The zero-order chi connectivity index (χ0) is 13.8. The van der Waals surface area contributed by atoms with E-state index in [1.54, 1.807) is 0 Å². The number of carbonyl (C=O) groups excluding carboxylic acids is 1. The predicted molar refractivity (Wildman–Crippen MR) is 71.7 cm³/mol. The average molecular weight is 287 g/mol. The number of thioether (sulfide) groups is 1. The highest BCUT2D eigenvalue weighted by atomic mass is 32.2. The Kier molecular flexibility index (Phi) is 4.63. The van der Waals surface area contributed by atoms with E-state index in [0.717, 1.165) is 25.7 Å². The van der Waals surface area contributed by atoms with E-state index >= 15 is 0 Å². The molecule has 1 atom stereocenters. The zero-order valence-electron chi connectivity index (χ0n) is 10.5. The van der Waals surface area contributed by atoms with Crippen LogP contribution in [0.15, 0.2) is 12.1 Å². The maximum absolute atomic E-state index is 13.8. The Bertz CT molecular complexity index is 476. The van der Waals surface area contributed by atoms with Crippen LogP contribution in [0.3, 0.4) is 0 Å². The van der Waals surface area contributed by atoms with Crippen LogP contribution < -0.4 is 5.32 Å². The van der Waals surface area contributed by atoms with Gasteiger partial charge in [0.15, 0.2) is 11.6 Å². The normalized spacial score (nSPS) is 18.4. The van der Waals surface area contributed by atoms with E-state index in [9.17, 15) is 13.6 Å². The van der Waals surface area contributed by atoms with Crippen molar-refractivity contribution in [2.45, 2.75) is 18.1 Å². The van der Waals surface area contributed by atoms with Crippen molar-refractivity contribution in [3.8, 4) is 0 Å². The van der Waals surface area contributed by atoms with Crippen molar-refractivity contribution in [2.75, 3.05) is 24.7 Å². The van der Waals surface area contributed by atoms with Crippen molar-refractivity contribution in [3.05, 3.63) is 29.3 Å². The molecule has 19 heavy (non-hydrogen) atoms. The van der Waals surface area contributed by atoms with Gasteiger partial charge in [-0.3, -0.25) is 0 Å². The summed E-state index contributed by atoms with van der Waals surface area (Å²) >= 11 is 1.83. The molecule has 1 aliphatic rings. The number of carbonyl (C=O) groups is 1. The maximum Gasteiger partial charge on any atom is 0.340 e. The quantitative estimate of drug-likeness (QED) is 0.864. The number of anilines is 1. The van der Waals surface area contributed by atoms with Crippen LogP contribution in [0.2, 0.25) is 0 Å². The molecule has 2 rings (SSSR count). The van der Waals surface area contributed by atoms with Gasteiger partial charge in [0.05, 0.1) is 18.4 Å². The standard InChI is InChI=1S/C13H15F2NO2S/c1-18-13(17)9-4-5-10(12(15)11(9)14)16-7-8-3-2-6-19-8/h4-5,8,16H,2-3,6-7H2,1H3. The summed E-state index contributed by atoms with van der Waals surface area (Å²) in [6.45, 7) is 0.596. The van der Waals surface area contributed by atoms with E-state index in [4.69, 9.17) is 0 Å². The molecule has 1 N–H and O–H groups in total. The van der Waals surface area contributed by atoms with Crippen LogP contribution in [0.5, 0.6) is 0 Å². The van der Waals surface area contributed by atoms with Gasteiger partial charge in [0, 0.05) is 11.8 Å². The molecule has 0 radical (unpaired) electrons. The number of rotatable bonds is 4. The van der Waals surface area contributed by atoms with Crippen molar-refractivity contribution < 1.29 is 18.3 Å². The highest BCUT2D eigenvalue weighted by molar-refractivity contribution is 8.00. The number of nitrogens with one attached hydrogen (secondary N) is 1. The smallest absolute Gasteiger partial charge is 0.340 e. The number of esters is 1. The molecule has 1 aliphatic heterocycles. The number of hydrogen-bond donors (Lipinski definition) is 1. The van der Waals surface area contributed by atoms with Crippen molar-refractivity contribution in [2.24, 2.45) is 0 Å². The Labute approximate surface area is 114 Å². The SMILES string of the molecule is COC(=O)c1ccc(NCC2CCCS2)c(F)c1F. The molecule has 1 unspecified atom stereocenters. The molecule has 0 aromatic heterocycles. The van der Waals surface area contributed by atoms with Gasteiger partial charge in [0.2, 0.25) is 0 Å². The topological polar surface area (TPSA) is 38.3 Å². The molecule has 104 valence electrons. The molecular formula is C13H15F2NO2S. The van der Waals surface area contributed by atoms with Crippen LogP contribution >= 0.6 is 11.8 Å². The number of benzene rings is 1. The minimum Gasteiger partial charge on any atom is -0.465 e. The van der Waals surface area contributed by atoms with Gasteiger partial charge >= 0.3 is 5.97 Å². The first kappa shape index (κ1) is 14.1. The highest BCUT2D eigenvalue weighted by Gasteiger charge is 2.20. The monoisotopic (exact) mass is 287 g/mol. The lowest BCUT2D eigenvalue weighted by Gasteiger charge is -2.13. The molecule has 0 amide bonds.